The zero-order valence-corrected chi connectivity index (χ0v) is 8.19. The average Bonchev–Trinajstić information content (AvgIpc) is 2.00. The first kappa shape index (κ1) is 11.8. The van der Waals surface area contributed by atoms with Crippen LogP contribution < -0.4 is 0 Å². The third-order valence-electron chi connectivity index (χ3n) is 2.93. The molecule has 1 fully saturated rings. The van der Waals surface area contributed by atoms with Gasteiger partial charge in [-0.05, 0) is 18.8 Å². The lowest BCUT2D eigenvalue weighted by atomic mass is 9.87. The number of aliphatic hydroxyl groups is 1. The van der Waals surface area contributed by atoms with E-state index in [0.717, 1.165) is 32.1 Å². The molecule has 0 saturated heterocycles. The molecule has 1 aliphatic rings. The molecular weight excluding hydrogens is 193 g/mol. The van der Waals surface area contributed by atoms with Gasteiger partial charge in [0.1, 0.15) is 0 Å². The molecule has 0 aromatic carbocycles. The molecule has 0 aromatic heterocycles. The molecule has 84 valence electrons. The van der Waals surface area contributed by atoms with Crippen LogP contribution in [0.5, 0.6) is 0 Å². The minimum atomic E-state index is -4.44. The predicted molar refractivity (Wildman–Crippen MR) is 47.9 cm³/mol. The predicted octanol–water partition coefficient (Wildman–Crippen LogP) is 3.27. The summed E-state index contributed by atoms with van der Waals surface area (Å²) in [7, 11) is 0. The maximum absolute atomic E-state index is 12.2. The van der Waals surface area contributed by atoms with Crippen molar-refractivity contribution in [3.05, 3.63) is 0 Å². The van der Waals surface area contributed by atoms with E-state index in [-0.39, 0.29) is 0 Å². The van der Waals surface area contributed by atoms with Crippen molar-refractivity contribution < 1.29 is 18.3 Å². The minimum Gasteiger partial charge on any atom is -0.383 e. The quantitative estimate of drug-likeness (QED) is 0.704. The smallest absolute Gasteiger partial charge is 0.383 e. The molecular formula is C10H17F3O. The van der Waals surface area contributed by atoms with Crippen LogP contribution in [0.1, 0.15) is 44.9 Å². The van der Waals surface area contributed by atoms with E-state index >= 15 is 0 Å². The van der Waals surface area contributed by atoms with Crippen LogP contribution in [0.25, 0.3) is 0 Å². The first-order valence-electron chi connectivity index (χ1n) is 5.26. The van der Waals surface area contributed by atoms with Crippen molar-refractivity contribution in [2.45, 2.75) is 57.2 Å². The van der Waals surface area contributed by atoms with Gasteiger partial charge in [-0.2, -0.15) is 13.2 Å². The van der Waals surface area contributed by atoms with E-state index in [2.05, 4.69) is 0 Å². The SMILES string of the molecule is OC(C1CCCCCCC1)C(F)(F)F. The van der Waals surface area contributed by atoms with Crippen LogP contribution in [0.2, 0.25) is 0 Å². The summed E-state index contributed by atoms with van der Waals surface area (Å²) in [4.78, 5) is 0. The zero-order valence-electron chi connectivity index (χ0n) is 8.19. The van der Waals surface area contributed by atoms with Gasteiger partial charge < -0.3 is 5.11 Å². The molecule has 4 heteroatoms. The maximum atomic E-state index is 12.2. The zero-order chi connectivity index (χ0) is 10.6. The van der Waals surface area contributed by atoms with E-state index in [1.54, 1.807) is 0 Å². The van der Waals surface area contributed by atoms with Gasteiger partial charge in [-0.3, -0.25) is 0 Å². The molecule has 1 saturated carbocycles. The second-order valence-electron chi connectivity index (χ2n) is 4.09. The van der Waals surface area contributed by atoms with Crippen LogP contribution in [0.3, 0.4) is 0 Å². The van der Waals surface area contributed by atoms with Gasteiger partial charge in [0.2, 0.25) is 0 Å². The first-order valence-corrected chi connectivity index (χ1v) is 5.26. The van der Waals surface area contributed by atoms with Crippen LogP contribution in [-0.2, 0) is 0 Å². The number of alkyl halides is 3. The number of halogens is 3. The van der Waals surface area contributed by atoms with Gasteiger partial charge in [0.25, 0.3) is 0 Å². The van der Waals surface area contributed by atoms with Crippen molar-refractivity contribution in [3.63, 3.8) is 0 Å². The van der Waals surface area contributed by atoms with E-state index < -0.39 is 18.2 Å². The molecule has 0 heterocycles. The molecule has 1 N–H and O–H groups in total. The molecule has 0 spiro atoms. The molecule has 0 aromatic rings. The van der Waals surface area contributed by atoms with Gasteiger partial charge in [-0.25, -0.2) is 0 Å². The molecule has 1 nitrogen and oxygen atoms in total. The standard InChI is InChI=1S/C10H17F3O/c11-10(12,13)9(14)8-6-4-2-1-3-5-7-8/h8-9,14H,1-7H2. The summed E-state index contributed by atoms with van der Waals surface area (Å²) in [6.45, 7) is 0. The maximum Gasteiger partial charge on any atom is 0.414 e. The second kappa shape index (κ2) is 5.01. The minimum absolute atomic E-state index is 0.515. The summed E-state index contributed by atoms with van der Waals surface area (Å²) >= 11 is 0. The Labute approximate surface area is 82.3 Å². The monoisotopic (exact) mass is 210 g/mol. The summed E-state index contributed by atoms with van der Waals surface area (Å²) in [6.07, 6.45) is -0.765. The Bertz CT molecular complexity index is 159. The molecule has 1 unspecified atom stereocenters. The molecule has 0 bridgehead atoms. The topological polar surface area (TPSA) is 20.2 Å². The van der Waals surface area contributed by atoms with Crippen LogP contribution >= 0.6 is 0 Å². The summed E-state index contributed by atoms with van der Waals surface area (Å²) < 4.78 is 36.7. The van der Waals surface area contributed by atoms with E-state index in [9.17, 15) is 13.2 Å². The Morgan fingerprint density at radius 1 is 0.929 bits per heavy atom. The molecule has 1 aliphatic carbocycles. The van der Waals surface area contributed by atoms with Crippen LogP contribution in [0.15, 0.2) is 0 Å². The summed E-state index contributed by atoms with van der Waals surface area (Å²) in [5, 5.41) is 9.10. The van der Waals surface area contributed by atoms with Gasteiger partial charge in [-0.15, -0.1) is 0 Å². The molecule has 1 rings (SSSR count). The Hall–Kier alpha value is -0.250. The highest BCUT2D eigenvalue weighted by molar-refractivity contribution is 4.76. The highest BCUT2D eigenvalue weighted by Gasteiger charge is 2.42. The van der Waals surface area contributed by atoms with Crippen molar-refractivity contribution in [3.8, 4) is 0 Å². The highest BCUT2D eigenvalue weighted by Crippen LogP contribution is 2.33. The molecule has 14 heavy (non-hydrogen) atoms. The van der Waals surface area contributed by atoms with Crippen molar-refractivity contribution in [1.29, 1.82) is 0 Å². The molecule has 0 radical (unpaired) electrons. The van der Waals surface area contributed by atoms with E-state index in [4.69, 9.17) is 5.11 Å². The van der Waals surface area contributed by atoms with Gasteiger partial charge in [0.05, 0.1) is 0 Å². The third-order valence-corrected chi connectivity index (χ3v) is 2.93. The van der Waals surface area contributed by atoms with Crippen molar-refractivity contribution in [2.75, 3.05) is 0 Å². The average molecular weight is 210 g/mol. The number of aliphatic hydroxyl groups excluding tert-OH is 1. The van der Waals surface area contributed by atoms with Gasteiger partial charge in [0, 0.05) is 0 Å². The van der Waals surface area contributed by atoms with E-state index in [1.165, 1.54) is 0 Å². The van der Waals surface area contributed by atoms with Crippen LogP contribution in [0.4, 0.5) is 13.2 Å². The van der Waals surface area contributed by atoms with Crippen LogP contribution in [0, 0.1) is 5.92 Å². The lowest BCUT2D eigenvalue weighted by Gasteiger charge is -2.26. The van der Waals surface area contributed by atoms with Gasteiger partial charge in [0.15, 0.2) is 6.10 Å². The fraction of sp³-hybridized carbons (Fsp3) is 1.00. The lowest BCUT2D eigenvalue weighted by Crippen LogP contribution is -2.36. The molecule has 1 atom stereocenters. The lowest BCUT2D eigenvalue weighted by molar-refractivity contribution is -0.221. The number of hydrogen-bond donors (Lipinski definition) is 1. The highest BCUT2D eigenvalue weighted by atomic mass is 19.4. The number of hydrogen-bond acceptors (Lipinski definition) is 1. The van der Waals surface area contributed by atoms with Gasteiger partial charge in [-0.1, -0.05) is 32.1 Å². The van der Waals surface area contributed by atoms with Crippen molar-refractivity contribution >= 4 is 0 Å². The first-order chi connectivity index (χ1) is 6.52. The van der Waals surface area contributed by atoms with Gasteiger partial charge >= 0.3 is 6.18 Å². The summed E-state index contributed by atoms with van der Waals surface area (Å²) in [5.74, 6) is -0.574. The Balaban J connectivity index is 2.47. The second-order valence-corrected chi connectivity index (χ2v) is 4.09. The Morgan fingerprint density at radius 3 is 1.79 bits per heavy atom. The number of rotatable bonds is 1. The summed E-state index contributed by atoms with van der Waals surface area (Å²) in [5.41, 5.74) is 0. The van der Waals surface area contributed by atoms with E-state index in [0.29, 0.717) is 12.8 Å². The Morgan fingerprint density at radius 2 is 1.36 bits per heavy atom. The van der Waals surface area contributed by atoms with E-state index in [1.807, 2.05) is 0 Å². The normalized spacial score (nSPS) is 24.0. The fourth-order valence-electron chi connectivity index (χ4n) is 2.07. The fourth-order valence-corrected chi connectivity index (χ4v) is 2.07. The molecule has 0 aliphatic heterocycles. The van der Waals surface area contributed by atoms with Crippen LogP contribution in [-0.4, -0.2) is 17.4 Å². The Kier molecular flexibility index (Phi) is 4.23. The van der Waals surface area contributed by atoms with Crippen molar-refractivity contribution in [1.82, 2.24) is 0 Å². The van der Waals surface area contributed by atoms with Crippen molar-refractivity contribution in [2.24, 2.45) is 5.92 Å². The summed E-state index contributed by atoms with van der Waals surface area (Å²) in [6, 6.07) is 0. The third kappa shape index (κ3) is 3.48. The largest absolute Gasteiger partial charge is 0.414 e. The molecule has 0 amide bonds.